The number of carbonyl (C=O) groups excluding carboxylic acids is 1. The molecule has 27 heavy (non-hydrogen) atoms. The van der Waals surface area contributed by atoms with Crippen LogP contribution in [0.3, 0.4) is 0 Å². The summed E-state index contributed by atoms with van der Waals surface area (Å²) in [6.45, 7) is 3.75. The van der Waals surface area contributed by atoms with Crippen LogP contribution in [0.5, 0.6) is 0 Å². The van der Waals surface area contributed by atoms with E-state index in [0.29, 0.717) is 5.54 Å². The lowest BCUT2D eigenvalue weighted by molar-refractivity contribution is -0.0987. The van der Waals surface area contributed by atoms with Crippen LogP contribution in [-0.2, 0) is 0 Å². The number of rotatable bonds is 2. The molecule has 4 bridgehead atoms. The van der Waals surface area contributed by atoms with Gasteiger partial charge in [0.1, 0.15) is 11.0 Å². The fourth-order valence-electron chi connectivity index (χ4n) is 6.99. The van der Waals surface area contributed by atoms with E-state index in [4.69, 9.17) is 0 Å². The minimum atomic E-state index is 0.130. The average Bonchev–Trinajstić information content (AvgIpc) is 3.14. The minimum absolute atomic E-state index is 0.130. The zero-order valence-electron chi connectivity index (χ0n) is 15.7. The molecule has 1 amide bonds. The molecular weight excluding hydrogens is 338 g/mol. The van der Waals surface area contributed by atoms with Crippen LogP contribution in [0.2, 0.25) is 0 Å². The number of hydrogen-bond acceptors (Lipinski definition) is 4. The molecule has 0 unspecified atom stereocenters. The smallest absolute Gasteiger partial charge is 0.254 e. The molecule has 0 spiro atoms. The number of hydrogen-bond donors (Lipinski definition) is 1. The van der Waals surface area contributed by atoms with Crippen molar-refractivity contribution < 1.29 is 4.79 Å². The highest BCUT2D eigenvalue weighted by Gasteiger charge is 2.53. The third-order valence-corrected chi connectivity index (χ3v) is 7.81. The molecule has 6 heteroatoms. The Morgan fingerprint density at radius 2 is 1.56 bits per heavy atom. The van der Waals surface area contributed by atoms with E-state index in [1.165, 1.54) is 38.5 Å². The van der Waals surface area contributed by atoms with E-state index >= 15 is 0 Å². The first-order valence-corrected chi connectivity index (χ1v) is 10.5. The van der Waals surface area contributed by atoms with Crippen LogP contribution in [0.25, 0.3) is 11.0 Å². The predicted molar refractivity (Wildman–Crippen MR) is 102 cm³/mol. The van der Waals surface area contributed by atoms with Gasteiger partial charge < -0.3 is 4.90 Å². The van der Waals surface area contributed by atoms with Crippen molar-refractivity contribution in [2.24, 2.45) is 17.8 Å². The van der Waals surface area contributed by atoms with Gasteiger partial charge in [-0.3, -0.25) is 9.69 Å². The summed E-state index contributed by atoms with van der Waals surface area (Å²) in [7, 11) is 0. The second-order valence-corrected chi connectivity index (χ2v) is 9.45. The first kappa shape index (κ1) is 16.0. The van der Waals surface area contributed by atoms with Gasteiger partial charge in [0.2, 0.25) is 0 Å². The number of fused-ring (bicyclic) bond motifs is 1. The molecule has 2 aromatic rings. The van der Waals surface area contributed by atoms with Gasteiger partial charge in [0.05, 0.1) is 0 Å². The van der Waals surface area contributed by atoms with Crippen molar-refractivity contribution in [3.8, 4) is 0 Å². The summed E-state index contributed by atoms with van der Waals surface area (Å²) >= 11 is 0. The first-order valence-electron chi connectivity index (χ1n) is 10.5. The molecule has 4 aliphatic carbocycles. The molecule has 4 saturated carbocycles. The highest BCUT2D eigenvalue weighted by molar-refractivity contribution is 5.97. The van der Waals surface area contributed by atoms with Crippen molar-refractivity contribution in [1.29, 1.82) is 0 Å². The van der Waals surface area contributed by atoms with Gasteiger partial charge in [-0.1, -0.05) is 0 Å². The van der Waals surface area contributed by atoms with E-state index in [1.54, 1.807) is 0 Å². The summed E-state index contributed by atoms with van der Waals surface area (Å²) in [4.78, 5) is 17.8. The van der Waals surface area contributed by atoms with Crippen LogP contribution in [0.4, 0.5) is 0 Å². The summed E-state index contributed by atoms with van der Waals surface area (Å²) in [5.41, 5.74) is 2.75. The quantitative estimate of drug-likeness (QED) is 0.889. The Bertz CT molecular complexity index is 846. The molecule has 0 atom stereocenters. The number of amides is 1. The van der Waals surface area contributed by atoms with Crippen molar-refractivity contribution >= 4 is 16.9 Å². The highest BCUT2D eigenvalue weighted by atomic mass is 16.2. The SMILES string of the molecule is O=C(c1ccc2n[nH]nc2c1)N1CCN(C23CC4CC(CC(C4)C2)C3)CC1. The minimum Gasteiger partial charge on any atom is -0.336 e. The Hall–Kier alpha value is -1.95. The van der Waals surface area contributed by atoms with Crippen molar-refractivity contribution in [2.45, 2.75) is 44.1 Å². The molecule has 2 heterocycles. The Morgan fingerprint density at radius 1 is 0.926 bits per heavy atom. The van der Waals surface area contributed by atoms with E-state index in [9.17, 15) is 4.79 Å². The molecule has 5 fully saturated rings. The van der Waals surface area contributed by atoms with Crippen molar-refractivity contribution in [3.05, 3.63) is 23.8 Å². The predicted octanol–water partition coefficient (Wildman–Crippen LogP) is 2.68. The Labute approximate surface area is 159 Å². The maximum atomic E-state index is 13.0. The van der Waals surface area contributed by atoms with Crippen LogP contribution >= 0.6 is 0 Å². The van der Waals surface area contributed by atoms with Crippen molar-refractivity contribution in [1.82, 2.24) is 25.2 Å². The van der Waals surface area contributed by atoms with Gasteiger partial charge in [0.25, 0.3) is 5.91 Å². The lowest BCUT2D eigenvalue weighted by Crippen LogP contribution is -2.64. The largest absolute Gasteiger partial charge is 0.336 e. The Morgan fingerprint density at radius 3 is 2.22 bits per heavy atom. The highest BCUT2D eigenvalue weighted by Crippen LogP contribution is 2.57. The number of nitrogens with one attached hydrogen (secondary N) is 1. The number of carbonyl (C=O) groups is 1. The van der Waals surface area contributed by atoms with E-state index in [2.05, 4.69) is 20.3 Å². The zero-order chi connectivity index (χ0) is 18.0. The summed E-state index contributed by atoms with van der Waals surface area (Å²) in [5.74, 6) is 3.06. The number of nitrogens with zero attached hydrogens (tertiary/aromatic N) is 4. The maximum absolute atomic E-state index is 13.0. The fraction of sp³-hybridized carbons (Fsp3) is 0.667. The molecular formula is C21H27N5O. The third-order valence-electron chi connectivity index (χ3n) is 7.81. The van der Waals surface area contributed by atoms with E-state index < -0.39 is 0 Å². The lowest BCUT2D eigenvalue weighted by Gasteiger charge is -2.61. The van der Waals surface area contributed by atoms with Gasteiger partial charge in [0.15, 0.2) is 0 Å². The fourth-order valence-corrected chi connectivity index (χ4v) is 6.99. The molecule has 7 rings (SSSR count). The monoisotopic (exact) mass is 365 g/mol. The van der Waals surface area contributed by atoms with Crippen molar-refractivity contribution in [2.75, 3.05) is 26.2 Å². The number of aromatic amines is 1. The molecule has 1 N–H and O–H groups in total. The molecule has 6 nitrogen and oxygen atoms in total. The Balaban J connectivity index is 1.16. The van der Waals surface area contributed by atoms with Gasteiger partial charge >= 0.3 is 0 Å². The van der Waals surface area contributed by atoms with Gasteiger partial charge in [-0.25, -0.2) is 0 Å². The number of piperazine rings is 1. The number of benzene rings is 1. The molecule has 1 aliphatic heterocycles. The van der Waals surface area contributed by atoms with Gasteiger partial charge in [-0.15, -0.1) is 0 Å². The van der Waals surface area contributed by atoms with Crippen LogP contribution in [0.1, 0.15) is 48.9 Å². The van der Waals surface area contributed by atoms with Gasteiger partial charge in [-0.05, 0) is 74.5 Å². The Kier molecular flexibility index (Phi) is 3.43. The first-order chi connectivity index (χ1) is 13.2. The van der Waals surface area contributed by atoms with Crippen LogP contribution < -0.4 is 0 Å². The lowest BCUT2D eigenvalue weighted by atomic mass is 9.52. The van der Waals surface area contributed by atoms with Crippen LogP contribution in [0, 0.1) is 17.8 Å². The second-order valence-electron chi connectivity index (χ2n) is 9.45. The number of H-pyrrole nitrogens is 1. The molecule has 1 aromatic heterocycles. The van der Waals surface area contributed by atoms with Crippen LogP contribution in [-0.4, -0.2) is 62.8 Å². The van der Waals surface area contributed by atoms with Crippen LogP contribution in [0.15, 0.2) is 18.2 Å². The average molecular weight is 365 g/mol. The summed E-state index contributed by atoms with van der Waals surface area (Å²) in [6, 6.07) is 5.60. The van der Waals surface area contributed by atoms with Gasteiger partial charge in [0, 0.05) is 37.3 Å². The summed E-state index contributed by atoms with van der Waals surface area (Å²) < 4.78 is 0. The molecule has 1 saturated heterocycles. The topological polar surface area (TPSA) is 65.1 Å². The molecule has 1 aromatic carbocycles. The maximum Gasteiger partial charge on any atom is 0.254 e. The van der Waals surface area contributed by atoms with E-state index in [-0.39, 0.29) is 5.91 Å². The standard InChI is InChI=1S/C21H27N5O/c27-20(17-1-2-18-19(10-17)23-24-22-18)25-3-5-26(6-4-25)21-11-14-7-15(12-21)9-16(8-14)13-21/h1-2,10,14-16H,3-9,11-13H2,(H,22,23,24). The number of aromatic nitrogens is 3. The summed E-state index contributed by atoms with van der Waals surface area (Å²) in [6.07, 6.45) is 8.70. The third kappa shape index (κ3) is 2.53. The van der Waals surface area contributed by atoms with E-state index in [1.807, 2.05) is 23.1 Å². The zero-order valence-corrected chi connectivity index (χ0v) is 15.7. The normalized spacial score (nSPS) is 35.9. The van der Waals surface area contributed by atoms with E-state index in [0.717, 1.165) is 60.5 Å². The second kappa shape index (κ2) is 5.77. The summed E-state index contributed by atoms with van der Waals surface area (Å²) in [5, 5.41) is 10.8. The molecule has 5 aliphatic rings. The molecule has 142 valence electrons. The molecule has 0 radical (unpaired) electrons. The van der Waals surface area contributed by atoms with Crippen molar-refractivity contribution in [3.63, 3.8) is 0 Å². The van der Waals surface area contributed by atoms with Gasteiger partial charge in [-0.2, -0.15) is 15.4 Å².